The molecule has 2 amide bonds. The number of likely N-dealkylation sites (tertiary alicyclic amines) is 2. The molecule has 2 aromatic rings. The zero-order valence-electron chi connectivity index (χ0n) is 21.9. The third-order valence-corrected chi connectivity index (χ3v) is 7.15. The fraction of sp³-hybridized carbons (Fsp3) is 0.464. The van der Waals surface area contributed by atoms with Gasteiger partial charge in [0.1, 0.15) is 5.75 Å². The van der Waals surface area contributed by atoms with Crippen molar-refractivity contribution < 1.29 is 37.4 Å². The lowest BCUT2D eigenvalue weighted by Gasteiger charge is -2.38. The maximum absolute atomic E-state index is 13.1. The number of amides is 2. The molecule has 212 valence electrons. The lowest BCUT2D eigenvalue weighted by Crippen LogP contribution is -2.51. The Bertz CT molecular complexity index is 1110. The second kappa shape index (κ2) is 13.5. The molecule has 0 aliphatic carbocycles. The molecule has 2 heterocycles. The van der Waals surface area contributed by atoms with Gasteiger partial charge >= 0.3 is 12.1 Å². The highest BCUT2D eigenvalue weighted by Crippen LogP contribution is 2.38. The Kier molecular flexibility index (Phi) is 10.3. The van der Waals surface area contributed by atoms with Crippen LogP contribution >= 0.6 is 0 Å². The van der Waals surface area contributed by atoms with Crippen molar-refractivity contribution in [3.8, 4) is 5.75 Å². The minimum absolute atomic E-state index is 0.0374. The summed E-state index contributed by atoms with van der Waals surface area (Å²) in [5.74, 6) is -2.04. The summed E-state index contributed by atoms with van der Waals surface area (Å²) in [6.45, 7) is 3.79. The second-order valence-electron chi connectivity index (χ2n) is 9.70. The van der Waals surface area contributed by atoms with Gasteiger partial charge < -0.3 is 20.1 Å². The van der Waals surface area contributed by atoms with Gasteiger partial charge in [0.05, 0.1) is 13.7 Å². The van der Waals surface area contributed by atoms with Crippen molar-refractivity contribution in [2.45, 2.75) is 50.4 Å². The van der Waals surface area contributed by atoms with Gasteiger partial charge in [0.2, 0.25) is 5.91 Å². The minimum atomic E-state index is -5.08. The van der Waals surface area contributed by atoms with E-state index >= 15 is 0 Å². The molecule has 0 bridgehead atoms. The van der Waals surface area contributed by atoms with Gasteiger partial charge in [0.15, 0.2) is 0 Å². The summed E-state index contributed by atoms with van der Waals surface area (Å²) in [6, 6.07) is 17.3. The fourth-order valence-corrected chi connectivity index (χ4v) is 5.17. The van der Waals surface area contributed by atoms with E-state index in [0.29, 0.717) is 5.56 Å². The summed E-state index contributed by atoms with van der Waals surface area (Å²) in [4.78, 5) is 38.9. The first-order valence-electron chi connectivity index (χ1n) is 12.8. The number of rotatable bonds is 6. The standard InChI is InChI=1S/C26H33N3O3.C2HF3O2/c1-32-23-11-9-21(10-12-23)20-28-16-5-13-26(15-18-28)14-6-17-29(26)24(30)19-27-25(31)22-7-3-2-4-8-22;3-2(4,5)1(6)7/h2-4,7-12H,5-6,13-20H2,1H3,(H,27,31);(H,6,7). The van der Waals surface area contributed by atoms with E-state index in [1.165, 1.54) is 5.56 Å². The van der Waals surface area contributed by atoms with Crippen LogP contribution in [-0.4, -0.2) is 77.7 Å². The summed E-state index contributed by atoms with van der Waals surface area (Å²) >= 11 is 0. The second-order valence-corrected chi connectivity index (χ2v) is 9.70. The number of benzene rings is 2. The number of carboxylic acids is 1. The predicted octanol–water partition coefficient (Wildman–Crippen LogP) is 4.11. The van der Waals surface area contributed by atoms with E-state index in [9.17, 15) is 22.8 Å². The molecule has 39 heavy (non-hydrogen) atoms. The number of nitrogens with one attached hydrogen (secondary N) is 1. The largest absolute Gasteiger partial charge is 0.497 e. The van der Waals surface area contributed by atoms with E-state index in [-0.39, 0.29) is 23.9 Å². The monoisotopic (exact) mass is 549 g/mol. The van der Waals surface area contributed by atoms with Crippen molar-refractivity contribution in [2.75, 3.05) is 33.3 Å². The Balaban J connectivity index is 0.000000532. The van der Waals surface area contributed by atoms with Crippen molar-refractivity contribution in [2.24, 2.45) is 0 Å². The molecule has 1 atom stereocenters. The maximum atomic E-state index is 13.1. The van der Waals surface area contributed by atoms with E-state index in [1.807, 2.05) is 30.3 Å². The number of carbonyl (C=O) groups is 3. The number of halogens is 3. The van der Waals surface area contributed by atoms with E-state index in [2.05, 4.69) is 27.2 Å². The van der Waals surface area contributed by atoms with E-state index in [4.69, 9.17) is 14.6 Å². The Labute approximate surface area is 225 Å². The lowest BCUT2D eigenvalue weighted by molar-refractivity contribution is -0.192. The average molecular weight is 550 g/mol. The number of hydrogen-bond donors (Lipinski definition) is 2. The predicted molar refractivity (Wildman–Crippen MR) is 138 cm³/mol. The smallest absolute Gasteiger partial charge is 0.490 e. The van der Waals surface area contributed by atoms with Crippen LogP contribution in [-0.2, 0) is 16.1 Å². The Morgan fingerprint density at radius 2 is 1.56 bits per heavy atom. The van der Waals surface area contributed by atoms with Crippen LogP contribution in [0.2, 0.25) is 0 Å². The molecule has 1 unspecified atom stereocenters. The SMILES string of the molecule is COc1ccc(CN2CCCC3(CCCN3C(=O)CNC(=O)c3ccccc3)CC2)cc1.O=C(O)C(F)(F)F. The number of aliphatic carboxylic acids is 1. The quantitative estimate of drug-likeness (QED) is 0.563. The summed E-state index contributed by atoms with van der Waals surface area (Å²) in [6.07, 6.45) is 0.112. The van der Waals surface area contributed by atoms with E-state index < -0.39 is 12.1 Å². The van der Waals surface area contributed by atoms with Crippen molar-refractivity contribution in [1.29, 1.82) is 0 Å². The van der Waals surface area contributed by atoms with Gasteiger partial charge in [-0.05, 0) is 68.5 Å². The van der Waals surface area contributed by atoms with Crippen molar-refractivity contribution in [1.82, 2.24) is 15.1 Å². The van der Waals surface area contributed by atoms with Crippen LogP contribution in [0.15, 0.2) is 54.6 Å². The van der Waals surface area contributed by atoms with Crippen LogP contribution in [0.25, 0.3) is 0 Å². The first-order valence-corrected chi connectivity index (χ1v) is 12.8. The number of ether oxygens (including phenoxy) is 1. The number of hydrogen-bond acceptors (Lipinski definition) is 5. The maximum Gasteiger partial charge on any atom is 0.490 e. The van der Waals surface area contributed by atoms with Crippen molar-refractivity contribution >= 4 is 17.8 Å². The summed E-state index contributed by atoms with van der Waals surface area (Å²) in [7, 11) is 1.69. The number of carbonyl (C=O) groups excluding carboxylic acids is 2. The molecule has 0 radical (unpaired) electrons. The number of nitrogens with zero attached hydrogens (tertiary/aromatic N) is 2. The van der Waals surface area contributed by atoms with Gasteiger partial charge in [-0.2, -0.15) is 13.2 Å². The molecule has 11 heteroatoms. The third-order valence-electron chi connectivity index (χ3n) is 7.15. The van der Waals surface area contributed by atoms with Gasteiger partial charge in [-0.25, -0.2) is 4.79 Å². The van der Waals surface area contributed by atoms with Crippen molar-refractivity contribution in [3.63, 3.8) is 0 Å². The zero-order chi connectivity index (χ0) is 28.5. The molecule has 4 rings (SSSR count). The molecule has 2 aliphatic rings. The van der Waals surface area contributed by atoms with E-state index in [0.717, 1.165) is 64.0 Å². The number of methoxy groups -OCH3 is 1. The van der Waals surface area contributed by atoms with Gasteiger partial charge in [-0.3, -0.25) is 14.5 Å². The Morgan fingerprint density at radius 1 is 0.949 bits per heavy atom. The molecule has 0 aromatic heterocycles. The number of alkyl halides is 3. The number of carboxylic acid groups (broad SMARTS) is 1. The molecule has 2 aromatic carbocycles. The van der Waals surface area contributed by atoms with E-state index in [1.54, 1.807) is 19.2 Å². The topological polar surface area (TPSA) is 99.2 Å². The molecule has 8 nitrogen and oxygen atoms in total. The normalized spacial score (nSPS) is 19.5. The molecule has 0 saturated carbocycles. The van der Waals surface area contributed by atoms with Gasteiger partial charge in [0, 0.05) is 30.7 Å². The van der Waals surface area contributed by atoms with Gasteiger partial charge in [0.25, 0.3) is 5.91 Å². The molecule has 1 spiro atoms. The van der Waals surface area contributed by atoms with Crippen LogP contribution in [0.5, 0.6) is 5.75 Å². The third kappa shape index (κ3) is 8.44. The fourth-order valence-electron chi connectivity index (χ4n) is 5.17. The molecule has 2 fully saturated rings. The molecule has 2 N–H and O–H groups in total. The summed E-state index contributed by atoms with van der Waals surface area (Å²) in [5, 5.41) is 9.94. The first kappa shape index (κ1) is 29.9. The van der Waals surface area contributed by atoms with Crippen LogP contribution in [0, 0.1) is 0 Å². The minimum Gasteiger partial charge on any atom is -0.497 e. The first-order chi connectivity index (χ1) is 18.5. The van der Waals surface area contributed by atoms with Crippen LogP contribution < -0.4 is 10.1 Å². The van der Waals surface area contributed by atoms with Crippen LogP contribution in [0.4, 0.5) is 13.2 Å². The van der Waals surface area contributed by atoms with Gasteiger partial charge in [-0.15, -0.1) is 0 Å². The lowest BCUT2D eigenvalue weighted by atomic mass is 9.87. The summed E-state index contributed by atoms with van der Waals surface area (Å²) < 4.78 is 37.0. The van der Waals surface area contributed by atoms with Gasteiger partial charge in [-0.1, -0.05) is 30.3 Å². The van der Waals surface area contributed by atoms with Crippen LogP contribution in [0.3, 0.4) is 0 Å². The molecular weight excluding hydrogens is 515 g/mol. The Morgan fingerprint density at radius 3 is 2.15 bits per heavy atom. The average Bonchev–Trinajstić information content (AvgIpc) is 3.23. The highest BCUT2D eigenvalue weighted by molar-refractivity contribution is 5.96. The highest BCUT2D eigenvalue weighted by Gasteiger charge is 2.44. The van der Waals surface area contributed by atoms with Crippen LogP contribution in [0.1, 0.15) is 48.0 Å². The molecule has 2 saturated heterocycles. The van der Waals surface area contributed by atoms with Crippen molar-refractivity contribution in [3.05, 3.63) is 65.7 Å². The molecule has 2 aliphatic heterocycles. The highest BCUT2D eigenvalue weighted by atomic mass is 19.4. The molecular formula is C28H34F3N3O5. The zero-order valence-corrected chi connectivity index (χ0v) is 21.9. The Hall–Kier alpha value is -3.60. The summed E-state index contributed by atoms with van der Waals surface area (Å²) in [5.41, 5.74) is 1.80.